The average Bonchev–Trinajstić information content (AvgIpc) is 2.93. The molecule has 3 N–H and O–H groups in total. The molecular formula is C24H20N2O4S. The Labute approximate surface area is 181 Å². The molecule has 0 bridgehead atoms. The zero-order valence-corrected chi connectivity index (χ0v) is 17.5. The van der Waals surface area contributed by atoms with E-state index in [-0.39, 0.29) is 5.56 Å². The van der Waals surface area contributed by atoms with Gasteiger partial charge in [-0.1, -0.05) is 36.8 Å². The van der Waals surface area contributed by atoms with Crippen LogP contribution in [0.15, 0.2) is 51.7 Å². The molecule has 6 nitrogen and oxygen atoms in total. The Balaban J connectivity index is 1.58. The number of thiophene rings is 1. The molecule has 2 aromatic carbocycles. The summed E-state index contributed by atoms with van der Waals surface area (Å²) in [6, 6.07) is 12.8. The lowest BCUT2D eigenvalue weighted by Gasteiger charge is -2.07. The van der Waals surface area contributed by atoms with E-state index in [1.54, 1.807) is 12.1 Å². The number of amides is 2. The van der Waals surface area contributed by atoms with Crippen molar-refractivity contribution in [2.24, 2.45) is 5.73 Å². The molecule has 2 amide bonds. The van der Waals surface area contributed by atoms with Crippen molar-refractivity contribution in [3.05, 3.63) is 74.5 Å². The Hall–Kier alpha value is -3.45. The van der Waals surface area contributed by atoms with Gasteiger partial charge in [0.1, 0.15) is 16.1 Å². The minimum absolute atomic E-state index is 0.108. The number of nitrogens with two attached hydrogens (primary N) is 1. The molecule has 2 aromatic heterocycles. The lowest BCUT2D eigenvalue weighted by atomic mass is 10.0. The van der Waals surface area contributed by atoms with Gasteiger partial charge in [0.2, 0.25) is 0 Å². The Morgan fingerprint density at radius 1 is 1.00 bits per heavy atom. The summed E-state index contributed by atoms with van der Waals surface area (Å²) in [5.41, 5.74) is 6.54. The first-order chi connectivity index (χ1) is 15.0. The van der Waals surface area contributed by atoms with Crippen LogP contribution < -0.4 is 16.7 Å². The maximum atomic E-state index is 13.1. The van der Waals surface area contributed by atoms with Crippen LogP contribution >= 0.6 is 11.3 Å². The number of hydrogen-bond donors (Lipinski definition) is 2. The van der Waals surface area contributed by atoms with Crippen molar-refractivity contribution in [2.45, 2.75) is 32.1 Å². The molecule has 1 aliphatic rings. The summed E-state index contributed by atoms with van der Waals surface area (Å²) in [6.45, 7) is 0. The van der Waals surface area contributed by atoms with E-state index in [2.05, 4.69) is 5.32 Å². The van der Waals surface area contributed by atoms with Gasteiger partial charge in [-0.05, 0) is 54.2 Å². The zero-order chi connectivity index (χ0) is 21.5. The number of primary amides is 1. The number of carbonyl (C=O) groups is 2. The normalized spacial score (nSPS) is 13.7. The molecule has 31 heavy (non-hydrogen) atoms. The van der Waals surface area contributed by atoms with E-state index in [0.717, 1.165) is 53.3 Å². The largest absolute Gasteiger partial charge is 0.422 e. The van der Waals surface area contributed by atoms with Crippen LogP contribution in [0.1, 0.15) is 50.4 Å². The molecular weight excluding hydrogens is 412 g/mol. The van der Waals surface area contributed by atoms with Crippen LogP contribution in [-0.2, 0) is 12.8 Å². The second-order valence-corrected chi connectivity index (χ2v) is 8.84. The molecule has 0 saturated carbocycles. The van der Waals surface area contributed by atoms with E-state index in [0.29, 0.717) is 21.5 Å². The van der Waals surface area contributed by atoms with Crippen LogP contribution in [0.3, 0.4) is 0 Å². The van der Waals surface area contributed by atoms with Crippen LogP contribution in [0.2, 0.25) is 0 Å². The van der Waals surface area contributed by atoms with Gasteiger partial charge >= 0.3 is 5.63 Å². The minimum atomic E-state index is -0.723. The van der Waals surface area contributed by atoms with Crippen LogP contribution in [-0.4, -0.2) is 11.8 Å². The fraction of sp³-hybridized carbons (Fsp3) is 0.208. The van der Waals surface area contributed by atoms with Gasteiger partial charge in [0.25, 0.3) is 11.8 Å². The fourth-order valence-electron chi connectivity index (χ4n) is 4.29. The van der Waals surface area contributed by atoms with Crippen LogP contribution in [0.5, 0.6) is 0 Å². The van der Waals surface area contributed by atoms with Gasteiger partial charge in [0.05, 0.1) is 5.56 Å². The van der Waals surface area contributed by atoms with Crippen molar-refractivity contribution in [2.75, 3.05) is 5.32 Å². The van der Waals surface area contributed by atoms with E-state index in [1.807, 2.05) is 30.3 Å². The van der Waals surface area contributed by atoms with Gasteiger partial charge in [0, 0.05) is 10.3 Å². The second kappa shape index (κ2) is 7.67. The number of rotatable bonds is 3. The molecule has 0 spiro atoms. The molecule has 156 valence electrons. The SMILES string of the molecule is NC(=O)c1c(NC(=O)c2cc3c(ccc4ccccc43)oc2=O)sc2c1CCCCC2. The second-order valence-electron chi connectivity index (χ2n) is 7.73. The quantitative estimate of drug-likeness (QED) is 0.280. The molecule has 5 rings (SSSR count). The van der Waals surface area contributed by atoms with E-state index >= 15 is 0 Å². The van der Waals surface area contributed by atoms with Crippen molar-refractivity contribution >= 4 is 49.9 Å². The van der Waals surface area contributed by atoms with Crippen molar-refractivity contribution in [3.63, 3.8) is 0 Å². The predicted octanol–water partition coefficient (Wildman–Crippen LogP) is 4.63. The smallest absolute Gasteiger partial charge is 0.349 e. The summed E-state index contributed by atoms with van der Waals surface area (Å²) < 4.78 is 5.43. The third kappa shape index (κ3) is 3.41. The van der Waals surface area contributed by atoms with E-state index in [1.165, 1.54) is 11.3 Å². The number of hydrogen-bond acceptors (Lipinski definition) is 5. The number of nitrogens with one attached hydrogen (secondary N) is 1. The van der Waals surface area contributed by atoms with Crippen LogP contribution in [0, 0.1) is 0 Å². The Morgan fingerprint density at radius 2 is 1.81 bits per heavy atom. The van der Waals surface area contributed by atoms with Gasteiger partial charge in [-0.25, -0.2) is 4.79 Å². The monoisotopic (exact) mass is 432 g/mol. The Kier molecular flexibility index (Phi) is 4.82. The number of fused-ring (bicyclic) bond motifs is 4. The van der Waals surface area contributed by atoms with E-state index in [4.69, 9.17) is 10.2 Å². The van der Waals surface area contributed by atoms with Crippen LogP contribution in [0.4, 0.5) is 5.00 Å². The molecule has 0 unspecified atom stereocenters. The summed E-state index contributed by atoms with van der Waals surface area (Å²) in [6.07, 6.45) is 4.76. The lowest BCUT2D eigenvalue weighted by Crippen LogP contribution is -2.22. The summed E-state index contributed by atoms with van der Waals surface area (Å²) in [5, 5.41) is 5.71. The van der Waals surface area contributed by atoms with E-state index in [9.17, 15) is 14.4 Å². The summed E-state index contributed by atoms with van der Waals surface area (Å²) in [4.78, 5) is 38.8. The van der Waals surface area contributed by atoms with E-state index < -0.39 is 17.4 Å². The third-order valence-electron chi connectivity index (χ3n) is 5.78. The molecule has 2 heterocycles. The first kappa shape index (κ1) is 19.5. The number of aryl methyl sites for hydroxylation is 1. The summed E-state index contributed by atoms with van der Waals surface area (Å²) in [5.74, 6) is -1.17. The van der Waals surface area contributed by atoms with Crippen molar-refractivity contribution in [1.29, 1.82) is 0 Å². The van der Waals surface area contributed by atoms with Crippen molar-refractivity contribution < 1.29 is 14.0 Å². The molecule has 0 aliphatic heterocycles. The molecule has 0 atom stereocenters. The van der Waals surface area contributed by atoms with Gasteiger partial charge in [-0.3, -0.25) is 9.59 Å². The number of benzene rings is 2. The molecule has 7 heteroatoms. The summed E-state index contributed by atoms with van der Waals surface area (Å²) >= 11 is 1.37. The first-order valence-electron chi connectivity index (χ1n) is 10.2. The lowest BCUT2D eigenvalue weighted by molar-refractivity contribution is 0.100. The number of anilines is 1. The average molecular weight is 433 g/mol. The maximum Gasteiger partial charge on any atom is 0.349 e. The highest BCUT2D eigenvalue weighted by molar-refractivity contribution is 7.17. The highest BCUT2D eigenvalue weighted by Gasteiger charge is 2.25. The predicted molar refractivity (Wildman–Crippen MR) is 122 cm³/mol. The van der Waals surface area contributed by atoms with Crippen LogP contribution in [0.25, 0.3) is 21.7 Å². The minimum Gasteiger partial charge on any atom is -0.422 e. The number of carbonyl (C=O) groups excluding carboxylic acids is 2. The van der Waals surface area contributed by atoms with Crippen molar-refractivity contribution in [1.82, 2.24) is 0 Å². The molecule has 4 aromatic rings. The maximum absolute atomic E-state index is 13.1. The molecule has 0 fully saturated rings. The molecule has 0 saturated heterocycles. The summed E-state index contributed by atoms with van der Waals surface area (Å²) in [7, 11) is 0. The Bertz CT molecular complexity index is 1420. The van der Waals surface area contributed by atoms with Gasteiger partial charge in [-0.15, -0.1) is 11.3 Å². The van der Waals surface area contributed by atoms with Crippen molar-refractivity contribution in [3.8, 4) is 0 Å². The fourth-order valence-corrected chi connectivity index (χ4v) is 5.58. The zero-order valence-electron chi connectivity index (χ0n) is 16.7. The topological polar surface area (TPSA) is 102 Å². The van der Waals surface area contributed by atoms with Gasteiger partial charge < -0.3 is 15.5 Å². The first-order valence-corrected chi connectivity index (χ1v) is 11.1. The van der Waals surface area contributed by atoms with Gasteiger partial charge in [0.15, 0.2) is 0 Å². The standard InChI is InChI=1S/C24H20N2O4S/c25-21(27)20-15-8-2-1-3-9-19(15)31-23(20)26-22(28)17-12-16-14-7-5-4-6-13(14)10-11-18(16)30-24(17)29/h4-7,10-12H,1-3,8-9H2,(H2,25,27)(H,26,28). The highest BCUT2D eigenvalue weighted by Crippen LogP contribution is 2.37. The molecule has 1 aliphatic carbocycles. The molecule has 0 radical (unpaired) electrons. The van der Waals surface area contributed by atoms with Gasteiger partial charge in [-0.2, -0.15) is 0 Å². The third-order valence-corrected chi connectivity index (χ3v) is 6.99. The Morgan fingerprint density at radius 3 is 2.65 bits per heavy atom. The highest BCUT2D eigenvalue weighted by atomic mass is 32.1.